The third-order valence-electron chi connectivity index (χ3n) is 3.35. The highest BCUT2D eigenvalue weighted by atomic mass is 32.2. The number of nitrogens with zero attached hydrogens (tertiary/aromatic N) is 1. The van der Waals surface area contributed by atoms with E-state index in [1.54, 1.807) is 0 Å². The van der Waals surface area contributed by atoms with Gasteiger partial charge >= 0.3 is 5.97 Å². The van der Waals surface area contributed by atoms with E-state index in [0.717, 1.165) is 27.7 Å². The molecule has 0 atom stereocenters. The minimum atomic E-state index is -0.796. The smallest absolute Gasteiger partial charge is 0.304 e. The Morgan fingerprint density at radius 3 is 2.22 bits per heavy atom. The highest BCUT2D eigenvalue weighted by molar-refractivity contribution is 7.99. The molecule has 0 radical (unpaired) electrons. The standard InChI is InChI=1S/C18H16N2O2S/c21-15(22)11-12-23-18-19-16(13-7-3-1-4-8-13)17(20-18)14-9-5-2-6-10-14/h1-10H,11-12H2,(H,19,20)(H,21,22). The first-order chi connectivity index (χ1) is 11.2. The van der Waals surface area contributed by atoms with Crippen LogP contribution < -0.4 is 0 Å². The Morgan fingerprint density at radius 1 is 1.00 bits per heavy atom. The highest BCUT2D eigenvalue weighted by Crippen LogP contribution is 2.32. The first kappa shape index (κ1) is 15.4. The zero-order valence-corrected chi connectivity index (χ0v) is 13.2. The molecule has 3 rings (SSSR count). The molecule has 5 heteroatoms. The van der Waals surface area contributed by atoms with Crippen molar-refractivity contribution in [1.29, 1.82) is 0 Å². The number of carboxylic acid groups (broad SMARTS) is 1. The average molecular weight is 324 g/mol. The lowest BCUT2D eigenvalue weighted by Crippen LogP contribution is -1.95. The van der Waals surface area contributed by atoms with Crippen LogP contribution >= 0.6 is 11.8 Å². The topological polar surface area (TPSA) is 66.0 Å². The summed E-state index contributed by atoms with van der Waals surface area (Å²) in [6, 6.07) is 20.0. The fourth-order valence-corrected chi connectivity index (χ4v) is 3.07. The molecule has 116 valence electrons. The minimum absolute atomic E-state index is 0.118. The molecule has 0 aliphatic heterocycles. The number of carboxylic acids is 1. The van der Waals surface area contributed by atoms with E-state index >= 15 is 0 Å². The molecule has 3 aromatic rings. The number of rotatable bonds is 6. The van der Waals surface area contributed by atoms with Gasteiger partial charge in [-0.3, -0.25) is 4.79 Å². The molecule has 2 N–H and O–H groups in total. The van der Waals surface area contributed by atoms with Crippen LogP contribution in [0.15, 0.2) is 65.8 Å². The van der Waals surface area contributed by atoms with Crippen molar-refractivity contribution in [2.24, 2.45) is 0 Å². The minimum Gasteiger partial charge on any atom is -0.481 e. The number of aromatic nitrogens is 2. The monoisotopic (exact) mass is 324 g/mol. The molecule has 1 heterocycles. The van der Waals surface area contributed by atoms with E-state index in [4.69, 9.17) is 5.11 Å². The van der Waals surface area contributed by atoms with Crippen LogP contribution in [0, 0.1) is 0 Å². The van der Waals surface area contributed by atoms with E-state index in [2.05, 4.69) is 9.97 Å². The Hall–Kier alpha value is -2.53. The molecule has 1 aromatic heterocycles. The van der Waals surface area contributed by atoms with Gasteiger partial charge in [0.2, 0.25) is 0 Å². The summed E-state index contributed by atoms with van der Waals surface area (Å²) in [5, 5.41) is 9.50. The van der Waals surface area contributed by atoms with Gasteiger partial charge in [0.1, 0.15) is 0 Å². The van der Waals surface area contributed by atoms with Crippen molar-refractivity contribution in [2.45, 2.75) is 11.6 Å². The van der Waals surface area contributed by atoms with Crippen LogP contribution in [-0.2, 0) is 4.79 Å². The Labute approximate surface area is 138 Å². The van der Waals surface area contributed by atoms with Crippen molar-refractivity contribution in [3.63, 3.8) is 0 Å². The van der Waals surface area contributed by atoms with Gasteiger partial charge in [0.15, 0.2) is 5.16 Å². The number of H-pyrrole nitrogens is 1. The lowest BCUT2D eigenvalue weighted by Gasteiger charge is -2.02. The van der Waals surface area contributed by atoms with E-state index < -0.39 is 5.97 Å². The molecule has 0 spiro atoms. The fourth-order valence-electron chi connectivity index (χ4n) is 2.27. The van der Waals surface area contributed by atoms with Gasteiger partial charge < -0.3 is 10.1 Å². The van der Waals surface area contributed by atoms with Crippen molar-refractivity contribution in [1.82, 2.24) is 9.97 Å². The maximum atomic E-state index is 10.7. The maximum Gasteiger partial charge on any atom is 0.304 e. The second kappa shape index (κ2) is 7.15. The van der Waals surface area contributed by atoms with Gasteiger partial charge in [-0.1, -0.05) is 72.4 Å². The summed E-state index contributed by atoms with van der Waals surface area (Å²) in [5.74, 6) is -0.304. The summed E-state index contributed by atoms with van der Waals surface area (Å²) >= 11 is 1.43. The molecule has 0 amide bonds. The third kappa shape index (κ3) is 3.81. The third-order valence-corrected chi connectivity index (χ3v) is 4.22. The van der Waals surface area contributed by atoms with Gasteiger partial charge in [0.25, 0.3) is 0 Å². The maximum absolute atomic E-state index is 10.7. The zero-order valence-electron chi connectivity index (χ0n) is 12.4. The van der Waals surface area contributed by atoms with Crippen LogP contribution in [-0.4, -0.2) is 26.8 Å². The van der Waals surface area contributed by atoms with Crippen LogP contribution in [0.2, 0.25) is 0 Å². The van der Waals surface area contributed by atoms with E-state index in [9.17, 15) is 4.79 Å². The molecule has 0 aliphatic rings. The molecule has 4 nitrogen and oxygen atoms in total. The molecule has 0 saturated carbocycles. The van der Waals surface area contributed by atoms with E-state index in [1.165, 1.54) is 11.8 Å². The Morgan fingerprint density at radius 2 is 1.61 bits per heavy atom. The van der Waals surface area contributed by atoms with Gasteiger partial charge in [-0.2, -0.15) is 0 Å². The summed E-state index contributed by atoms with van der Waals surface area (Å²) in [4.78, 5) is 18.7. The quantitative estimate of drug-likeness (QED) is 0.663. The summed E-state index contributed by atoms with van der Waals surface area (Å²) in [6.07, 6.45) is 0.118. The largest absolute Gasteiger partial charge is 0.481 e. The van der Waals surface area contributed by atoms with Crippen molar-refractivity contribution >= 4 is 17.7 Å². The van der Waals surface area contributed by atoms with Crippen LogP contribution in [0.1, 0.15) is 6.42 Å². The number of imidazole rings is 1. The molecular weight excluding hydrogens is 308 g/mol. The number of aliphatic carboxylic acids is 1. The molecule has 0 fully saturated rings. The average Bonchev–Trinajstić information content (AvgIpc) is 3.00. The molecule has 0 aliphatic carbocycles. The summed E-state index contributed by atoms with van der Waals surface area (Å²) in [6.45, 7) is 0. The number of thioether (sulfide) groups is 1. The first-order valence-electron chi connectivity index (χ1n) is 7.29. The van der Waals surface area contributed by atoms with Crippen LogP contribution in [0.5, 0.6) is 0 Å². The van der Waals surface area contributed by atoms with Gasteiger partial charge in [-0.05, 0) is 0 Å². The van der Waals surface area contributed by atoms with Crippen molar-refractivity contribution in [2.75, 3.05) is 5.75 Å². The number of hydrogen-bond donors (Lipinski definition) is 2. The van der Waals surface area contributed by atoms with Crippen LogP contribution in [0.3, 0.4) is 0 Å². The van der Waals surface area contributed by atoms with Gasteiger partial charge in [0.05, 0.1) is 17.8 Å². The van der Waals surface area contributed by atoms with Gasteiger partial charge in [0, 0.05) is 16.9 Å². The summed E-state index contributed by atoms with van der Waals surface area (Å²) in [5.41, 5.74) is 3.93. The van der Waals surface area contributed by atoms with E-state index in [0.29, 0.717) is 5.75 Å². The molecular formula is C18H16N2O2S. The predicted molar refractivity (Wildman–Crippen MR) is 92.4 cm³/mol. The van der Waals surface area contributed by atoms with Crippen molar-refractivity contribution < 1.29 is 9.90 Å². The SMILES string of the molecule is O=C(O)CCSc1nc(-c2ccccc2)c(-c2ccccc2)[nH]1. The second-order valence-corrected chi connectivity index (χ2v) is 6.07. The van der Waals surface area contributed by atoms with E-state index in [-0.39, 0.29) is 6.42 Å². The molecule has 0 unspecified atom stereocenters. The number of carbonyl (C=O) groups is 1. The van der Waals surface area contributed by atoms with E-state index in [1.807, 2.05) is 60.7 Å². The van der Waals surface area contributed by atoms with Gasteiger partial charge in [-0.15, -0.1) is 0 Å². The number of benzene rings is 2. The predicted octanol–water partition coefficient (Wildman–Crippen LogP) is 4.31. The zero-order chi connectivity index (χ0) is 16.1. The normalized spacial score (nSPS) is 10.6. The van der Waals surface area contributed by atoms with Crippen molar-refractivity contribution in [3.8, 4) is 22.5 Å². The lowest BCUT2D eigenvalue weighted by atomic mass is 10.1. The van der Waals surface area contributed by atoms with Crippen LogP contribution in [0.25, 0.3) is 22.5 Å². The molecule has 2 aromatic carbocycles. The number of aromatic amines is 1. The fraction of sp³-hybridized carbons (Fsp3) is 0.111. The Balaban J connectivity index is 1.96. The Kier molecular flexibility index (Phi) is 4.78. The van der Waals surface area contributed by atoms with Gasteiger partial charge in [-0.25, -0.2) is 4.98 Å². The second-order valence-electron chi connectivity index (χ2n) is 4.99. The van der Waals surface area contributed by atoms with Crippen molar-refractivity contribution in [3.05, 3.63) is 60.7 Å². The van der Waals surface area contributed by atoms with Crippen LogP contribution in [0.4, 0.5) is 0 Å². The molecule has 23 heavy (non-hydrogen) atoms. The lowest BCUT2D eigenvalue weighted by molar-refractivity contribution is -0.136. The first-order valence-corrected chi connectivity index (χ1v) is 8.28. The molecule has 0 saturated heterocycles. The molecule has 0 bridgehead atoms. The summed E-state index contributed by atoms with van der Waals surface area (Å²) < 4.78 is 0. The number of nitrogens with one attached hydrogen (secondary N) is 1. The highest BCUT2D eigenvalue weighted by Gasteiger charge is 2.14. The number of hydrogen-bond acceptors (Lipinski definition) is 3. The Bertz CT molecular complexity index is 728. The summed E-state index contributed by atoms with van der Waals surface area (Å²) in [7, 11) is 0.